The number of hydrogen-bond acceptors (Lipinski definition) is 3. The first kappa shape index (κ1) is 40.9. The maximum atomic E-state index is 12.6. The summed E-state index contributed by atoms with van der Waals surface area (Å²) in [5.74, 6) is -0.639. The van der Waals surface area contributed by atoms with Crippen LogP contribution in [0.1, 0.15) is 226 Å². The van der Waals surface area contributed by atoms with Crippen molar-refractivity contribution in [3.63, 3.8) is 0 Å². The van der Waals surface area contributed by atoms with E-state index in [9.17, 15) is 9.59 Å². The Morgan fingerprint density at radius 1 is 0.429 bits per heavy atom. The third-order valence-electron chi connectivity index (χ3n) is 8.83. The van der Waals surface area contributed by atoms with E-state index in [1.165, 1.54) is 148 Å². The van der Waals surface area contributed by atoms with Crippen LogP contribution >= 0.6 is 0 Å². The van der Waals surface area contributed by atoms with Crippen LogP contribution in [0.25, 0.3) is 0 Å². The van der Waals surface area contributed by atoms with Crippen LogP contribution in [0.3, 0.4) is 0 Å². The Hall–Kier alpha value is -1.06. The van der Waals surface area contributed by atoms with Crippen molar-refractivity contribution < 1.29 is 19.4 Å². The van der Waals surface area contributed by atoms with E-state index in [1.807, 2.05) is 0 Å². The Kier molecular flexibility index (Phi) is 33.6. The van der Waals surface area contributed by atoms with E-state index in [1.54, 1.807) is 0 Å². The van der Waals surface area contributed by atoms with Gasteiger partial charge >= 0.3 is 11.9 Å². The Morgan fingerprint density at radius 2 is 0.714 bits per heavy atom. The maximum absolute atomic E-state index is 12.6. The molecule has 0 rings (SSSR count). The second-order valence-electron chi connectivity index (χ2n) is 13.1. The predicted octanol–water partition coefficient (Wildman–Crippen LogP) is 12.9. The molecule has 4 heteroatoms. The fourth-order valence-corrected chi connectivity index (χ4v) is 6.01. The zero-order chi connectivity index (χ0) is 30.8. The fraction of sp³-hybridized carbons (Fsp3) is 0.947. The Labute approximate surface area is 262 Å². The highest BCUT2D eigenvalue weighted by atomic mass is 16.5. The Morgan fingerprint density at radius 3 is 1.05 bits per heavy atom. The summed E-state index contributed by atoms with van der Waals surface area (Å²) in [6.45, 7) is 4.55. The third-order valence-corrected chi connectivity index (χ3v) is 8.83. The first-order valence-electron chi connectivity index (χ1n) is 19.0. The largest absolute Gasteiger partial charge is 0.481 e. The van der Waals surface area contributed by atoms with Crippen molar-refractivity contribution in [1.82, 2.24) is 0 Å². The summed E-state index contributed by atoms with van der Waals surface area (Å²) < 4.78 is 6.02. The molecule has 0 heterocycles. The molecule has 0 spiro atoms. The molecule has 0 amide bonds. The average Bonchev–Trinajstić information content (AvgIpc) is 2.97. The third kappa shape index (κ3) is 33.4. The summed E-state index contributed by atoms with van der Waals surface area (Å²) in [7, 11) is 0. The van der Waals surface area contributed by atoms with Crippen LogP contribution in [0.4, 0.5) is 0 Å². The van der Waals surface area contributed by atoms with Crippen molar-refractivity contribution in [2.75, 3.05) is 0 Å². The van der Waals surface area contributed by atoms with Gasteiger partial charge in [-0.3, -0.25) is 9.59 Å². The van der Waals surface area contributed by atoms with Crippen molar-refractivity contribution in [1.29, 1.82) is 0 Å². The predicted molar refractivity (Wildman–Crippen MR) is 181 cm³/mol. The molecule has 0 fully saturated rings. The molecular formula is C38H74O4. The number of carboxylic acid groups (broad SMARTS) is 1. The topological polar surface area (TPSA) is 63.6 Å². The van der Waals surface area contributed by atoms with Crippen LogP contribution in [0.15, 0.2) is 0 Å². The number of carbonyl (C=O) groups excluding carboxylic acids is 1. The molecule has 0 saturated carbocycles. The minimum atomic E-state index is -0.675. The van der Waals surface area contributed by atoms with Gasteiger partial charge in [0.15, 0.2) is 0 Å². The van der Waals surface area contributed by atoms with E-state index in [4.69, 9.17) is 9.84 Å². The summed E-state index contributed by atoms with van der Waals surface area (Å²) in [4.78, 5) is 23.2. The van der Waals surface area contributed by atoms with Crippen molar-refractivity contribution >= 4 is 11.9 Å². The van der Waals surface area contributed by atoms with E-state index >= 15 is 0 Å². The van der Waals surface area contributed by atoms with Gasteiger partial charge in [-0.05, 0) is 38.5 Å². The number of aliphatic carboxylic acids is 1. The van der Waals surface area contributed by atoms with Crippen molar-refractivity contribution in [3.8, 4) is 0 Å². The van der Waals surface area contributed by atoms with E-state index in [2.05, 4.69) is 13.8 Å². The lowest BCUT2D eigenvalue weighted by atomic mass is 10.0. The molecule has 1 unspecified atom stereocenters. The van der Waals surface area contributed by atoms with Crippen molar-refractivity contribution in [2.24, 2.45) is 0 Å². The van der Waals surface area contributed by atoms with E-state index in [0.29, 0.717) is 12.8 Å². The van der Waals surface area contributed by atoms with Crippen LogP contribution in [-0.4, -0.2) is 23.1 Å². The Balaban J connectivity index is 3.96. The highest BCUT2D eigenvalue weighted by Gasteiger charge is 2.14. The van der Waals surface area contributed by atoms with Gasteiger partial charge in [-0.15, -0.1) is 0 Å². The lowest BCUT2D eigenvalue weighted by molar-refractivity contribution is -0.150. The van der Waals surface area contributed by atoms with Gasteiger partial charge in [-0.25, -0.2) is 0 Å². The fourth-order valence-electron chi connectivity index (χ4n) is 6.01. The number of hydrogen-bond donors (Lipinski definition) is 1. The highest BCUT2D eigenvalue weighted by molar-refractivity contribution is 5.69. The monoisotopic (exact) mass is 595 g/mol. The molecule has 1 N–H and O–H groups in total. The zero-order valence-electron chi connectivity index (χ0n) is 28.6. The van der Waals surface area contributed by atoms with E-state index in [0.717, 1.165) is 51.4 Å². The standard InChI is InChI=1S/C38H74O4/c1-3-5-7-9-11-12-13-14-15-19-23-27-31-35-38(41)42-36(32-28-24-20-10-8-6-4-2)33-29-25-21-17-16-18-22-26-30-34-37(39)40/h36H,3-35H2,1-2H3,(H,39,40). The molecule has 0 bridgehead atoms. The summed E-state index contributed by atoms with van der Waals surface area (Å²) in [6.07, 6.45) is 39.8. The molecule has 0 aliphatic heterocycles. The summed E-state index contributed by atoms with van der Waals surface area (Å²) in [6, 6.07) is 0. The minimum Gasteiger partial charge on any atom is -0.481 e. The van der Waals surface area contributed by atoms with E-state index < -0.39 is 5.97 Å². The number of carbonyl (C=O) groups is 2. The van der Waals surface area contributed by atoms with Gasteiger partial charge in [0, 0.05) is 12.8 Å². The van der Waals surface area contributed by atoms with Crippen LogP contribution in [0.5, 0.6) is 0 Å². The lowest BCUT2D eigenvalue weighted by Crippen LogP contribution is -2.18. The minimum absolute atomic E-state index is 0.0360. The van der Waals surface area contributed by atoms with Crippen LogP contribution in [-0.2, 0) is 14.3 Å². The molecular weight excluding hydrogens is 520 g/mol. The quantitative estimate of drug-likeness (QED) is 0.0585. The van der Waals surface area contributed by atoms with Gasteiger partial charge in [0.2, 0.25) is 0 Å². The van der Waals surface area contributed by atoms with Gasteiger partial charge in [-0.1, -0.05) is 174 Å². The number of esters is 1. The second kappa shape index (κ2) is 34.4. The number of rotatable bonds is 35. The van der Waals surface area contributed by atoms with Crippen LogP contribution < -0.4 is 0 Å². The highest BCUT2D eigenvalue weighted by Crippen LogP contribution is 2.19. The van der Waals surface area contributed by atoms with Gasteiger partial charge in [-0.2, -0.15) is 0 Å². The van der Waals surface area contributed by atoms with Crippen LogP contribution in [0.2, 0.25) is 0 Å². The van der Waals surface area contributed by atoms with Gasteiger partial charge in [0.1, 0.15) is 6.10 Å². The number of carboxylic acids is 1. The summed E-state index contributed by atoms with van der Waals surface area (Å²) in [5.41, 5.74) is 0. The van der Waals surface area contributed by atoms with Gasteiger partial charge < -0.3 is 9.84 Å². The zero-order valence-corrected chi connectivity index (χ0v) is 28.6. The first-order chi connectivity index (χ1) is 20.6. The SMILES string of the molecule is CCCCCCCCCCCCCCCC(=O)OC(CCCCCCCCC)CCCCCCCCCCCC(=O)O. The van der Waals surface area contributed by atoms with Gasteiger partial charge in [0.25, 0.3) is 0 Å². The normalized spacial score (nSPS) is 12.0. The molecule has 0 aliphatic carbocycles. The maximum Gasteiger partial charge on any atom is 0.306 e. The van der Waals surface area contributed by atoms with Gasteiger partial charge in [0.05, 0.1) is 0 Å². The summed E-state index contributed by atoms with van der Waals surface area (Å²) in [5, 5.41) is 8.71. The van der Waals surface area contributed by atoms with Crippen molar-refractivity contribution in [3.05, 3.63) is 0 Å². The number of unbranched alkanes of at least 4 members (excludes halogenated alkanes) is 26. The van der Waals surface area contributed by atoms with E-state index in [-0.39, 0.29) is 12.1 Å². The smallest absolute Gasteiger partial charge is 0.306 e. The molecule has 250 valence electrons. The van der Waals surface area contributed by atoms with Crippen molar-refractivity contribution in [2.45, 2.75) is 232 Å². The lowest BCUT2D eigenvalue weighted by Gasteiger charge is -2.18. The molecule has 42 heavy (non-hydrogen) atoms. The molecule has 1 atom stereocenters. The molecule has 0 aromatic heterocycles. The summed E-state index contributed by atoms with van der Waals surface area (Å²) >= 11 is 0. The number of ether oxygens (including phenoxy) is 1. The molecule has 0 aromatic carbocycles. The van der Waals surface area contributed by atoms with Crippen LogP contribution in [0, 0.1) is 0 Å². The first-order valence-corrected chi connectivity index (χ1v) is 19.0. The second-order valence-corrected chi connectivity index (χ2v) is 13.1. The molecule has 0 aliphatic rings. The average molecular weight is 595 g/mol. The molecule has 0 saturated heterocycles. The molecule has 4 nitrogen and oxygen atoms in total. The molecule has 0 radical (unpaired) electrons. The Bertz CT molecular complexity index is 561. The molecule has 0 aromatic rings.